The third-order valence-corrected chi connectivity index (χ3v) is 3.20. The zero-order valence-electron chi connectivity index (χ0n) is 10.6. The Morgan fingerprint density at radius 1 is 1.14 bits per heavy atom. The van der Waals surface area contributed by atoms with Gasteiger partial charge < -0.3 is 0 Å². The summed E-state index contributed by atoms with van der Waals surface area (Å²) in [5, 5.41) is 0. The van der Waals surface area contributed by atoms with Gasteiger partial charge in [-0.3, -0.25) is 9.20 Å². The second kappa shape index (κ2) is 4.73. The highest BCUT2D eigenvalue weighted by molar-refractivity contribution is 5.80. The molecule has 0 unspecified atom stereocenters. The number of pyridine rings is 1. The van der Waals surface area contributed by atoms with Crippen molar-refractivity contribution in [2.45, 2.75) is 6.18 Å². The van der Waals surface area contributed by atoms with E-state index >= 15 is 0 Å². The Hall–Kier alpha value is -2.63. The molecule has 0 atom stereocenters. The SMILES string of the molecule is O=Cc1ccc(-c2cnc3ccccn23)cc1C(F)(F)F. The molecule has 0 spiro atoms. The third-order valence-electron chi connectivity index (χ3n) is 3.20. The third kappa shape index (κ3) is 2.29. The molecular formula is C15H9F3N2O. The minimum absolute atomic E-state index is 0.209. The molecule has 0 radical (unpaired) electrons. The van der Waals surface area contributed by atoms with Gasteiger partial charge in [0.15, 0.2) is 6.29 Å². The van der Waals surface area contributed by atoms with E-state index in [0.29, 0.717) is 16.9 Å². The summed E-state index contributed by atoms with van der Waals surface area (Å²) in [5.74, 6) is 0. The lowest BCUT2D eigenvalue weighted by Crippen LogP contribution is -2.09. The van der Waals surface area contributed by atoms with E-state index in [9.17, 15) is 18.0 Å². The molecule has 3 rings (SSSR count). The number of alkyl halides is 3. The number of carbonyl (C=O) groups is 1. The number of fused-ring (bicyclic) bond motifs is 1. The first kappa shape index (κ1) is 13.4. The van der Waals surface area contributed by atoms with Crippen LogP contribution < -0.4 is 0 Å². The van der Waals surface area contributed by atoms with Crippen LogP contribution in [0.1, 0.15) is 15.9 Å². The maximum Gasteiger partial charge on any atom is 0.417 e. The first-order valence-electron chi connectivity index (χ1n) is 6.09. The van der Waals surface area contributed by atoms with Crippen LogP contribution in [0.4, 0.5) is 13.2 Å². The summed E-state index contributed by atoms with van der Waals surface area (Å²) in [6.07, 6.45) is -1.14. The van der Waals surface area contributed by atoms with Crippen LogP contribution in [0.2, 0.25) is 0 Å². The Morgan fingerprint density at radius 3 is 2.67 bits per heavy atom. The fourth-order valence-corrected chi connectivity index (χ4v) is 2.21. The zero-order chi connectivity index (χ0) is 15.0. The highest BCUT2D eigenvalue weighted by atomic mass is 19.4. The summed E-state index contributed by atoms with van der Waals surface area (Å²) in [5.41, 5.74) is 0.210. The summed E-state index contributed by atoms with van der Waals surface area (Å²) in [7, 11) is 0. The molecule has 0 aliphatic heterocycles. The van der Waals surface area contributed by atoms with Gasteiger partial charge in [0.2, 0.25) is 0 Å². The van der Waals surface area contributed by atoms with Crippen LogP contribution in [-0.2, 0) is 6.18 Å². The Balaban J connectivity index is 2.22. The largest absolute Gasteiger partial charge is 0.417 e. The Morgan fingerprint density at radius 2 is 1.95 bits per heavy atom. The predicted molar refractivity (Wildman–Crippen MR) is 71.0 cm³/mol. The summed E-state index contributed by atoms with van der Waals surface area (Å²) < 4.78 is 40.7. The number of rotatable bonds is 2. The maximum absolute atomic E-state index is 13.0. The van der Waals surface area contributed by atoms with Crippen molar-refractivity contribution in [3.63, 3.8) is 0 Å². The lowest BCUT2D eigenvalue weighted by Gasteiger charge is -2.11. The predicted octanol–water partition coefficient (Wildman–Crippen LogP) is 3.83. The van der Waals surface area contributed by atoms with Gasteiger partial charge >= 0.3 is 6.18 Å². The average molecular weight is 290 g/mol. The van der Waals surface area contributed by atoms with Gasteiger partial charge in [-0.05, 0) is 18.2 Å². The van der Waals surface area contributed by atoms with Crippen molar-refractivity contribution in [3.8, 4) is 11.3 Å². The van der Waals surface area contributed by atoms with Crippen LogP contribution >= 0.6 is 0 Å². The van der Waals surface area contributed by atoms with Gasteiger partial charge in [0.25, 0.3) is 0 Å². The van der Waals surface area contributed by atoms with Crippen molar-refractivity contribution < 1.29 is 18.0 Å². The van der Waals surface area contributed by atoms with Crippen LogP contribution in [0.5, 0.6) is 0 Å². The van der Waals surface area contributed by atoms with E-state index in [1.165, 1.54) is 18.3 Å². The first-order chi connectivity index (χ1) is 10.0. The molecule has 3 aromatic rings. The summed E-state index contributed by atoms with van der Waals surface area (Å²) >= 11 is 0. The number of imidazole rings is 1. The highest BCUT2D eigenvalue weighted by Gasteiger charge is 2.33. The number of aromatic nitrogens is 2. The minimum atomic E-state index is -4.58. The van der Waals surface area contributed by atoms with E-state index in [-0.39, 0.29) is 11.8 Å². The van der Waals surface area contributed by atoms with Crippen LogP contribution in [0.15, 0.2) is 48.8 Å². The molecule has 0 saturated heterocycles. The fraction of sp³-hybridized carbons (Fsp3) is 0.0667. The topological polar surface area (TPSA) is 34.4 Å². The lowest BCUT2D eigenvalue weighted by molar-refractivity contribution is -0.137. The molecule has 0 fully saturated rings. The molecule has 3 nitrogen and oxygen atoms in total. The van der Waals surface area contributed by atoms with E-state index in [1.54, 1.807) is 28.8 Å². The maximum atomic E-state index is 13.0. The molecule has 106 valence electrons. The monoisotopic (exact) mass is 290 g/mol. The molecule has 1 aromatic carbocycles. The van der Waals surface area contributed by atoms with Crippen molar-refractivity contribution in [2.75, 3.05) is 0 Å². The van der Waals surface area contributed by atoms with Crippen LogP contribution in [-0.4, -0.2) is 15.7 Å². The van der Waals surface area contributed by atoms with Gasteiger partial charge in [-0.2, -0.15) is 13.2 Å². The van der Waals surface area contributed by atoms with E-state index in [2.05, 4.69) is 4.98 Å². The average Bonchev–Trinajstić information content (AvgIpc) is 2.89. The molecule has 0 aliphatic carbocycles. The highest BCUT2D eigenvalue weighted by Crippen LogP contribution is 2.34. The normalized spacial score (nSPS) is 11.8. The molecule has 0 N–H and O–H groups in total. The van der Waals surface area contributed by atoms with Crippen molar-refractivity contribution >= 4 is 11.9 Å². The van der Waals surface area contributed by atoms with E-state index in [4.69, 9.17) is 0 Å². The Bertz CT molecular complexity index is 821. The van der Waals surface area contributed by atoms with Gasteiger partial charge in [0.1, 0.15) is 5.65 Å². The standard InChI is InChI=1S/C15H9F3N2O/c16-15(17,18)12-7-10(4-5-11(12)9-21)13-8-19-14-3-1-2-6-20(13)14/h1-9H. The Labute approximate surface area is 117 Å². The number of benzene rings is 1. The molecule has 2 heterocycles. The number of nitrogens with zero attached hydrogens (tertiary/aromatic N) is 2. The van der Waals surface area contributed by atoms with Gasteiger partial charge in [-0.25, -0.2) is 4.98 Å². The van der Waals surface area contributed by atoms with Gasteiger partial charge in [0, 0.05) is 17.3 Å². The van der Waals surface area contributed by atoms with Crippen LogP contribution in [0, 0.1) is 0 Å². The van der Waals surface area contributed by atoms with Crippen molar-refractivity contribution in [3.05, 3.63) is 59.9 Å². The number of hydrogen-bond acceptors (Lipinski definition) is 2. The summed E-state index contributed by atoms with van der Waals surface area (Å²) in [6, 6.07) is 8.95. The zero-order valence-corrected chi connectivity index (χ0v) is 10.6. The molecule has 0 bridgehead atoms. The van der Waals surface area contributed by atoms with Crippen molar-refractivity contribution in [1.29, 1.82) is 0 Å². The number of aldehydes is 1. The number of carbonyl (C=O) groups excluding carboxylic acids is 1. The second-order valence-electron chi connectivity index (χ2n) is 4.49. The van der Waals surface area contributed by atoms with Crippen molar-refractivity contribution in [1.82, 2.24) is 9.38 Å². The molecule has 0 amide bonds. The van der Waals surface area contributed by atoms with Crippen molar-refractivity contribution in [2.24, 2.45) is 0 Å². The van der Waals surface area contributed by atoms with E-state index < -0.39 is 11.7 Å². The molecule has 0 saturated carbocycles. The molecule has 21 heavy (non-hydrogen) atoms. The van der Waals surface area contributed by atoms with E-state index in [0.717, 1.165) is 6.07 Å². The minimum Gasteiger partial charge on any atom is -0.300 e. The quantitative estimate of drug-likeness (QED) is 0.672. The van der Waals surface area contributed by atoms with Crippen LogP contribution in [0.3, 0.4) is 0 Å². The Kier molecular flexibility index (Phi) is 3.01. The molecule has 6 heteroatoms. The second-order valence-corrected chi connectivity index (χ2v) is 4.49. The van der Waals surface area contributed by atoms with E-state index in [1.807, 2.05) is 0 Å². The lowest BCUT2D eigenvalue weighted by atomic mass is 10.0. The first-order valence-corrected chi connectivity index (χ1v) is 6.09. The summed E-state index contributed by atoms with van der Waals surface area (Å²) in [6.45, 7) is 0. The molecule has 0 aliphatic rings. The molecule has 2 aromatic heterocycles. The number of halogens is 3. The number of hydrogen-bond donors (Lipinski definition) is 0. The van der Waals surface area contributed by atoms with Gasteiger partial charge in [-0.15, -0.1) is 0 Å². The smallest absolute Gasteiger partial charge is 0.300 e. The van der Waals surface area contributed by atoms with Gasteiger partial charge in [-0.1, -0.05) is 18.2 Å². The van der Waals surface area contributed by atoms with Crippen LogP contribution in [0.25, 0.3) is 16.9 Å². The fourth-order valence-electron chi connectivity index (χ4n) is 2.21. The molecular weight excluding hydrogens is 281 g/mol. The van der Waals surface area contributed by atoms with Gasteiger partial charge in [0.05, 0.1) is 17.5 Å². The summed E-state index contributed by atoms with van der Waals surface area (Å²) in [4.78, 5) is 14.9.